The molecule has 2 aliphatic rings. The van der Waals surface area contributed by atoms with Gasteiger partial charge in [-0.3, -0.25) is 18.5 Å². The summed E-state index contributed by atoms with van der Waals surface area (Å²) in [6, 6.07) is 77.6. The molecule has 0 fully saturated rings. The van der Waals surface area contributed by atoms with Crippen LogP contribution in [0.15, 0.2) is 237 Å². The van der Waals surface area contributed by atoms with Gasteiger partial charge in [-0.25, -0.2) is 15.0 Å². The Kier molecular flexibility index (Phi) is 9.57. The van der Waals surface area contributed by atoms with E-state index in [1.54, 1.807) is 0 Å². The Hall–Kier alpha value is -7.95. The molecule has 0 aliphatic carbocycles. The van der Waals surface area contributed by atoms with Crippen LogP contribution < -0.4 is 30.6 Å². The molecule has 0 bridgehead atoms. The first-order chi connectivity index (χ1) is 32.5. The number of para-hydroxylation sites is 2. The topological polar surface area (TPSA) is 79.3 Å². The van der Waals surface area contributed by atoms with E-state index in [0.717, 1.165) is 44.8 Å². The average molecular weight is 888 g/mol. The maximum absolute atomic E-state index is 17.5. The second kappa shape index (κ2) is 15.9. The number of rotatable bonds is 8. The average Bonchev–Trinajstić information content (AvgIpc) is 3.40. The lowest BCUT2D eigenvalue weighted by Crippen LogP contribution is -2.41. The first kappa shape index (κ1) is 39.6. The van der Waals surface area contributed by atoms with Gasteiger partial charge >= 0.3 is 0 Å². The molecule has 9 aromatic carbocycles. The highest BCUT2D eigenvalue weighted by molar-refractivity contribution is 7.82. The molecular formula is C57H39N5O2P2. The second-order valence-corrected chi connectivity index (χ2v) is 21.4. The molecule has 314 valence electrons. The van der Waals surface area contributed by atoms with Crippen LogP contribution in [0.25, 0.3) is 56.4 Å². The molecule has 2 atom stereocenters. The summed E-state index contributed by atoms with van der Waals surface area (Å²) >= 11 is 0. The third kappa shape index (κ3) is 6.31. The van der Waals surface area contributed by atoms with E-state index in [4.69, 9.17) is 15.0 Å². The van der Waals surface area contributed by atoms with Gasteiger partial charge in [0, 0.05) is 60.4 Å². The van der Waals surface area contributed by atoms with Crippen LogP contribution in [0.1, 0.15) is 0 Å². The fourth-order valence-electron chi connectivity index (χ4n) is 9.44. The monoisotopic (exact) mass is 887 g/mol. The van der Waals surface area contributed by atoms with Crippen LogP contribution in [0.3, 0.4) is 0 Å². The number of aromatic nitrogens is 3. The molecule has 7 nitrogen and oxygen atoms in total. The van der Waals surface area contributed by atoms with Crippen molar-refractivity contribution in [1.82, 2.24) is 15.0 Å². The quantitative estimate of drug-likeness (QED) is 0.141. The molecule has 2 unspecified atom stereocenters. The lowest BCUT2D eigenvalue weighted by atomic mass is 9.94. The van der Waals surface area contributed by atoms with E-state index in [-0.39, 0.29) is 0 Å². The molecule has 0 N–H and O–H groups in total. The minimum atomic E-state index is -3.92. The van der Waals surface area contributed by atoms with Gasteiger partial charge in [0.25, 0.3) is 0 Å². The number of benzene rings is 9. The Bertz CT molecular complexity index is 3470. The summed E-state index contributed by atoms with van der Waals surface area (Å²) in [7, 11) is -7.79. The largest absolute Gasteiger partial charge is 0.289 e. The molecule has 9 heteroatoms. The zero-order valence-electron chi connectivity index (χ0n) is 35.5. The third-order valence-corrected chi connectivity index (χ3v) is 18.4. The van der Waals surface area contributed by atoms with Crippen molar-refractivity contribution in [2.24, 2.45) is 0 Å². The maximum Gasteiger partial charge on any atom is 0.234 e. The van der Waals surface area contributed by atoms with E-state index < -0.39 is 14.6 Å². The van der Waals surface area contributed by atoms with Crippen molar-refractivity contribution in [1.29, 1.82) is 0 Å². The van der Waals surface area contributed by atoms with Crippen LogP contribution in [-0.2, 0) is 9.13 Å². The second-order valence-electron chi connectivity index (χ2n) is 16.3. The van der Waals surface area contributed by atoms with E-state index in [1.807, 2.05) is 222 Å². The fraction of sp³-hybridized carbons (Fsp3) is 0. The molecule has 0 spiro atoms. The van der Waals surface area contributed by atoms with E-state index in [9.17, 15) is 0 Å². The van der Waals surface area contributed by atoms with E-state index in [0.29, 0.717) is 55.6 Å². The third-order valence-electron chi connectivity index (χ3n) is 12.4. The van der Waals surface area contributed by atoms with Crippen molar-refractivity contribution < 1.29 is 9.13 Å². The van der Waals surface area contributed by atoms with Gasteiger partial charge < -0.3 is 0 Å². The van der Waals surface area contributed by atoms with Crippen molar-refractivity contribution >= 4 is 58.6 Å². The lowest BCUT2D eigenvalue weighted by Gasteiger charge is -2.47. The Morgan fingerprint density at radius 3 is 1.00 bits per heavy atom. The molecule has 2 aliphatic heterocycles. The Labute approximate surface area is 383 Å². The molecule has 0 saturated heterocycles. The van der Waals surface area contributed by atoms with Gasteiger partial charge in [-0.2, -0.15) is 0 Å². The molecule has 0 radical (unpaired) electrons. The van der Waals surface area contributed by atoms with Crippen LogP contribution in [0.5, 0.6) is 0 Å². The molecule has 1 aromatic heterocycles. The standard InChI is InChI=1S/C57H39N5O2P2/c63-65(47-32-18-6-19-33-47)51-38-43(40-22-8-1-9-23-40)36-49-53(51)54-50(62(65)46-30-16-5-17-31-46)37-44(39-52(54)66(64,48-34-20-7-21-35-48)61(49)45-28-14-4-15-29-45)57-59-55(41-24-10-2-11-25-41)58-56(60-57)42-26-12-3-13-27-42/h1-39H. The van der Waals surface area contributed by atoms with E-state index in [1.165, 1.54) is 0 Å². The van der Waals surface area contributed by atoms with Gasteiger partial charge in [0.15, 0.2) is 17.5 Å². The minimum absolute atomic E-state index is 0.395. The highest BCUT2D eigenvalue weighted by atomic mass is 31.2. The van der Waals surface area contributed by atoms with E-state index >= 15 is 9.13 Å². The fourth-order valence-corrected chi connectivity index (χ4v) is 15.6. The predicted octanol–water partition coefficient (Wildman–Crippen LogP) is 13.0. The molecule has 0 saturated carbocycles. The molecular weight excluding hydrogens is 849 g/mol. The number of anilines is 4. The first-order valence-electron chi connectivity index (χ1n) is 21.8. The summed E-state index contributed by atoms with van der Waals surface area (Å²) in [6.45, 7) is 0. The highest BCUT2D eigenvalue weighted by Gasteiger charge is 2.52. The summed E-state index contributed by atoms with van der Waals surface area (Å²) in [6.07, 6.45) is 0. The van der Waals surface area contributed by atoms with Crippen LogP contribution in [-0.4, -0.2) is 15.0 Å². The molecule has 3 heterocycles. The molecule has 66 heavy (non-hydrogen) atoms. The molecule has 12 rings (SSSR count). The Balaban J connectivity index is 1.28. The van der Waals surface area contributed by atoms with Crippen LogP contribution in [0, 0.1) is 0 Å². The Morgan fingerprint density at radius 1 is 0.303 bits per heavy atom. The number of hydrogen-bond donors (Lipinski definition) is 0. The maximum atomic E-state index is 17.5. The summed E-state index contributed by atoms with van der Waals surface area (Å²) in [5.41, 5.74) is 8.46. The highest BCUT2D eigenvalue weighted by Crippen LogP contribution is 2.69. The van der Waals surface area contributed by atoms with Crippen molar-refractivity contribution in [2.75, 3.05) is 9.34 Å². The van der Waals surface area contributed by atoms with Gasteiger partial charge in [0.05, 0.1) is 11.4 Å². The van der Waals surface area contributed by atoms with Gasteiger partial charge in [0.1, 0.15) is 0 Å². The minimum Gasteiger partial charge on any atom is -0.289 e. The first-order valence-corrected chi connectivity index (χ1v) is 25.1. The van der Waals surface area contributed by atoms with Gasteiger partial charge in [-0.1, -0.05) is 164 Å². The van der Waals surface area contributed by atoms with Crippen molar-refractivity contribution in [3.63, 3.8) is 0 Å². The van der Waals surface area contributed by atoms with Crippen molar-refractivity contribution in [3.8, 4) is 56.4 Å². The van der Waals surface area contributed by atoms with Gasteiger partial charge in [0.2, 0.25) is 14.6 Å². The Morgan fingerprint density at radius 2 is 0.606 bits per heavy atom. The smallest absolute Gasteiger partial charge is 0.234 e. The normalized spacial score (nSPS) is 17.0. The van der Waals surface area contributed by atoms with Crippen LogP contribution in [0.2, 0.25) is 0 Å². The zero-order valence-corrected chi connectivity index (χ0v) is 37.3. The molecule has 10 aromatic rings. The van der Waals surface area contributed by atoms with Crippen molar-refractivity contribution in [2.45, 2.75) is 0 Å². The van der Waals surface area contributed by atoms with Gasteiger partial charge in [-0.05, 0) is 83.9 Å². The van der Waals surface area contributed by atoms with E-state index in [2.05, 4.69) is 24.3 Å². The summed E-state index contributed by atoms with van der Waals surface area (Å²) in [5.74, 6) is 1.39. The SMILES string of the molecule is O=P1(c2ccccc2)c2cc(-c3ccccc3)cc3c2-c2c(cc(-c4nc(-c5ccccc5)nc(-c5ccccc5)n4)cc2P(=O)(c2ccccc2)N3c2ccccc2)N1c1ccccc1. The van der Waals surface area contributed by atoms with Crippen LogP contribution >= 0.6 is 14.6 Å². The van der Waals surface area contributed by atoms with Gasteiger partial charge in [-0.15, -0.1) is 0 Å². The lowest BCUT2D eigenvalue weighted by molar-refractivity contribution is 0.585. The summed E-state index contributed by atoms with van der Waals surface area (Å²) < 4.78 is 39.0. The summed E-state index contributed by atoms with van der Waals surface area (Å²) in [5, 5.41) is 2.57. The number of nitrogens with zero attached hydrogens (tertiary/aromatic N) is 5. The van der Waals surface area contributed by atoms with Crippen molar-refractivity contribution in [3.05, 3.63) is 237 Å². The van der Waals surface area contributed by atoms with Crippen LogP contribution in [0.4, 0.5) is 22.7 Å². The summed E-state index contributed by atoms with van der Waals surface area (Å²) in [4.78, 5) is 15.4. The predicted molar refractivity (Wildman–Crippen MR) is 271 cm³/mol. The zero-order chi connectivity index (χ0) is 44.2. The number of hydrogen-bond acceptors (Lipinski definition) is 5. The molecule has 0 amide bonds.